The molecule has 0 fully saturated rings. The summed E-state index contributed by atoms with van der Waals surface area (Å²) in [5.74, 6) is -0.693. The second-order valence-electron chi connectivity index (χ2n) is 4.00. The van der Waals surface area contributed by atoms with Crippen LogP contribution in [0.1, 0.15) is 30.1 Å². The summed E-state index contributed by atoms with van der Waals surface area (Å²) in [5.41, 5.74) is 0.970. The highest BCUT2D eigenvalue weighted by atomic mass is 79.9. The van der Waals surface area contributed by atoms with E-state index in [0.717, 1.165) is 0 Å². The molecule has 0 amide bonds. The van der Waals surface area contributed by atoms with Crippen LogP contribution in [0.15, 0.2) is 27.1 Å². The van der Waals surface area contributed by atoms with E-state index in [1.807, 2.05) is 6.92 Å². The fourth-order valence-corrected chi connectivity index (χ4v) is 1.95. The maximum absolute atomic E-state index is 13.5. The van der Waals surface area contributed by atoms with Crippen LogP contribution in [0.25, 0.3) is 11.5 Å². The first-order chi connectivity index (χ1) is 9.56. The first-order valence-electron chi connectivity index (χ1n) is 6.19. The molecule has 20 heavy (non-hydrogen) atoms. The third-order valence-corrected chi connectivity index (χ3v) is 3.30. The summed E-state index contributed by atoms with van der Waals surface area (Å²) in [6.45, 7) is 3.82. The molecule has 6 heteroatoms. The summed E-state index contributed by atoms with van der Waals surface area (Å²) in [6, 6.07) is 4.52. The van der Waals surface area contributed by atoms with Crippen LogP contribution in [0.2, 0.25) is 0 Å². The van der Waals surface area contributed by atoms with E-state index in [-0.39, 0.29) is 18.3 Å². The monoisotopic (exact) mass is 341 g/mol. The van der Waals surface area contributed by atoms with E-state index in [1.165, 1.54) is 6.07 Å². The average Bonchev–Trinajstić information content (AvgIpc) is 2.86. The maximum atomic E-state index is 13.5. The standard InChI is InChI=1S/C14H13BrFNO3/c1-3-11-12(14(18)19-4-2)20-13(17-11)8-5-6-9(15)10(16)7-8/h5-7H,3-4H2,1-2H3. The van der Waals surface area contributed by atoms with Crippen molar-refractivity contribution in [1.82, 2.24) is 4.98 Å². The predicted octanol–water partition coefficient (Wildman–Crippen LogP) is 3.98. The van der Waals surface area contributed by atoms with Crippen LogP contribution in [0.5, 0.6) is 0 Å². The molecule has 0 aliphatic carbocycles. The van der Waals surface area contributed by atoms with E-state index in [2.05, 4.69) is 20.9 Å². The van der Waals surface area contributed by atoms with Crippen molar-refractivity contribution >= 4 is 21.9 Å². The van der Waals surface area contributed by atoms with Gasteiger partial charge in [0.25, 0.3) is 0 Å². The van der Waals surface area contributed by atoms with Crippen molar-refractivity contribution in [2.75, 3.05) is 6.61 Å². The quantitative estimate of drug-likeness (QED) is 0.789. The van der Waals surface area contributed by atoms with Gasteiger partial charge in [0, 0.05) is 5.56 Å². The van der Waals surface area contributed by atoms with E-state index in [0.29, 0.717) is 22.2 Å². The van der Waals surface area contributed by atoms with E-state index >= 15 is 0 Å². The number of aromatic nitrogens is 1. The zero-order valence-electron chi connectivity index (χ0n) is 11.1. The lowest BCUT2D eigenvalue weighted by Gasteiger charge is -1.99. The molecule has 0 aliphatic heterocycles. The normalized spacial score (nSPS) is 10.6. The Kier molecular flexibility index (Phi) is 4.54. The summed E-state index contributed by atoms with van der Waals surface area (Å²) in [7, 11) is 0. The molecule has 2 aromatic rings. The first-order valence-corrected chi connectivity index (χ1v) is 6.98. The molecule has 0 N–H and O–H groups in total. The second kappa shape index (κ2) is 6.17. The van der Waals surface area contributed by atoms with Crippen molar-refractivity contribution in [1.29, 1.82) is 0 Å². The minimum atomic E-state index is -0.555. The third-order valence-electron chi connectivity index (χ3n) is 2.66. The van der Waals surface area contributed by atoms with Gasteiger partial charge in [0.2, 0.25) is 11.7 Å². The van der Waals surface area contributed by atoms with Crippen LogP contribution in [-0.2, 0) is 11.2 Å². The Morgan fingerprint density at radius 3 is 2.80 bits per heavy atom. The fraction of sp³-hybridized carbons (Fsp3) is 0.286. The van der Waals surface area contributed by atoms with Crippen LogP contribution in [-0.4, -0.2) is 17.6 Å². The molecule has 0 spiro atoms. The molecule has 0 saturated carbocycles. The van der Waals surface area contributed by atoms with Crippen LogP contribution in [0.3, 0.4) is 0 Å². The summed E-state index contributed by atoms with van der Waals surface area (Å²) in [6.07, 6.45) is 0.524. The minimum absolute atomic E-state index is 0.0766. The number of hydrogen-bond donors (Lipinski definition) is 0. The molecule has 106 valence electrons. The molecule has 0 unspecified atom stereocenters. The van der Waals surface area contributed by atoms with Gasteiger partial charge in [-0.2, -0.15) is 0 Å². The lowest BCUT2D eigenvalue weighted by molar-refractivity contribution is 0.0489. The van der Waals surface area contributed by atoms with Gasteiger partial charge in [-0.25, -0.2) is 14.2 Å². The highest BCUT2D eigenvalue weighted by molar-refractivity contribution is 9.10. The largest absolute Gasteiger partial charge is 0.460 e. The summed E-state index contributed by atoms with van der Waals surface area (Å²) >= 11 is 3.08. The van der Waals surface area contributed by atoms with Gasteiger partial charge in [-0.1, -0.05) is 6.92 Å². The molecule has 0 saturated heterocycles. The van der Waals surface area contributed by atoms with Gasteiger partial charge in [-0.15, -0.1) is 0 Å². The van der Waals surface area contributed by atoms with Crippen molar-refractivity contribution in [2.24, 2.45) is 0 Å². The predicted molar refractivity (Wildman–Crippen MR) is 74.9 cm³/mol. The molecular formula is C14H13BrFNO3. The smallest absolute Gasteiger partial charge is 0.376 e. The van der Waals surface area contributed by atoms with E-state index in [9.17, 15) is 9.18 Å². The van der Waals surface area contributed by atoms with Crippen molar-refractivity contribution in [3.63, 3.8) is 0 Å². The number of hydrogen-bond acceptors (Lipinski definition) is 4. The van der Waals surface area contributed by atoms with Gasteiger partial charge >= 0.3 is 5.97 Å². The molecule has 0 aliphatic rings. The number of rotatable bonds is 4. The Bertz CT molecular complexity index is 639. The molecule has 4 nitrogen and oxygen atoms in total. The number of ether oxygens (including phenoxy) is 1. The SMILES string of the molecule is CCOC(=O)c1oc(-c2ccc(Br)c(F)c2)nc1CC. The topological polar surface area (TPSA) is 52.3 Å². The molecular weight excluding hydrogens is 329 g/mol. The zero-order chi connectivity index (χ0) is 14.7. The second-order valence-corrected chi connectivity index (χ2v) is 4.85. The fourth-order valence-electron chi connectivity index (χ4n) is 1.70. The molecule has 0 atom stereocenters. The lowest BCUT2D eigenvalue weighted by atomic mass is 10.2. The van der Waals surface area contributed by atoms with Gasteiger partial charge in [-0.3, -0.25) is 0 Å². The molecule has 0 bridgehead atoms. The molecule has 2 rings (SSSR count). The number of oxazole rings is 1. The van der Waals surface area contributed by atoms with Gasteiger partial charge < -0.3 is 9.15 Å². The number of carbonyl (C=O) groups is 1. The average molecular weight is 342 g/mol. The summed E-state index contributed by atoms with van der Waals surface area (Å²) < 4.78 is 24.2. The third kappa shape index (κ3) is 2.90. The molecule has 1 heterocycles. The number of esters is 1. The van der Waals surface area contributed by atoms with E-state index in [1.54, 1.807) is 19.1 Å². The number of benzene rings is 1. The Morgan fingerprint density at radius 2 is 2.20 bits per heavy atom. The van der Waals surface area contributed by atoms with Gasteiger partial charge in [0.05, 0.1) is 16.8 Å². The maximum Gasteiger partial charge on any atom is 0.376 e. The highest BCUT2D eigenvalue weighted by Gasteiger charge is 2.21. The lowest BCUT2D eigenvalue weighted by Crippen LogP contribution is -2.05. The van der Waals surface area contributed by atoms with Gasteiger partial charge in [-0.05, 0) is 47.5 Å². The van der Waals surface area contributed by atoms with Crippen molar-refractivity contribution in [3.05, 3.63) is 39.9 Å². The van der Waals surface area contributed by atoms with E-state index in [4.69, 9.17) is 9.15 Å². The summed E-state index contributed by atoms with van der Waals surface area (Å²) in [4.78, 5) is 16.0. The Hall–Kier alpha value is -1.69. The van der Waals surface area contributed by atoms with E-state index < -0.39 is 11.8 Å². The van der Waals surface area contributed by atoms with Crippen LogP contribution >= 0.6 is 15.9 Å². The number of aryl methyl sites for hydroxylation is 1. The van der Waals surface area contributed by atoms with Crippen LogP contribution in [0, 0.1) is 5.82 Å². The number of nitrogens with zero attached hydrogens (tertiary/aromatic N) is 1. The minimum Gasteiger partial charge on any atom is -0.460 e. The first kappa shape index (κ1) is 14.7. The Balaban J connectivity index is 2.42. The summed E-state index contributed by atoms with van der Waals surface area (Å²) in [5, 5.41) is 0. The molecule has 0 radical (unpaired) electrons. The highest BCUT2D eigenvalue weighted by Crippen LogP contribution is 2.26. The van der Waals surface area contributed by atoms with Gasteiger partial charge in [0.15, 0.2) is 0 Å². The molecule has 1 aromatic carbocycles. The zero-order valence-corrected chi connectivity index (χ0v) is 12.7. The Labute approximate surface area is 124 Å². The van der Waals surface area contributed by atoms with Crippen LogP contribution < -0.4 is 0 Å². The van der Waals surface area contributed by atoms with Gasteiger partial charge in [0.1, 0.15) is 5.82 Å². The molecule has 1 aromatic heterocycles. The number of halogens is 2. The van der Waals surface area contributed by atoms with Crippen molar-refractivity contribution < 1.29 is 18.3 Å². The van der Waals surface area contributed by atoms with Crippen molar-refractivity contribution in [2.45, 2.75) is 20.3 Å². The number of carbonyl (C=O) groups excluding carboxylic acids is 1. The van der Waals surface area contributed by atoms with Crippen molar-refractivity contribution in [3.8, 4) is 11.5 Å². The Morgan fingerprint density at radius 1 is 1.45 bits per heavy atom. The van der Waals surface area contributed by atoms with Crippen LogP contribution in [0.4, 0.5) is 4.39 Å².